The summed E-state index contributed by atoms with van der Waals surface area (Å²) in [6, 6.07) is -1.01. The van der Waals surface area contributed by atoms with Crippen molar-refractivity contribution in [2.45, 2.75) is 301 Å². The summed E-state index contributed by atoms with van der Waals surface area (Å²) in [6.07, 6.45) is 60.6. The smallest absolute Gasteiger partial charge is 0.249 e. The van der Waals surface area contributed by atoms with E-state index in [0.717, 1.165) is 51.4 Å². The number of rotatable bonds is 49. The van der Waals surface area contributed by atoms with Crippen LogP contribution in [0.4, 0.5) is 0 Å². The van der Waals surface area contributed by atoms with Crippen molar-refractivity contribution in [3.8, 4) is 0 Å². The molecule has 0 aliphatic carbocycles. The van der Waals surface area contributed by atoms with Gasteiger partial charge in [0.1, 0.15) is 12.2 Å². The Morgan fingerprint density at radius 3 is 1.03 bits per heavy atom. The van der Waals surface area contributed by atoms with Crippen LogP contribution in [-0.4, -0.2) is 57.3 Å². The highest BCUT2D eigenvalue weighted by atomic mass is 16.3. The van der Waals surface area contributed by atoms with E-state index in [9.17, 15) is 25.2 Å². The summed E-state index contributed by atoms with van der Waals surface area (Å²) in [7, 11) is 0. The summed E-state index contributed by atoms with van der Waals surface area (Å²) in [5.74, 6) is -0.600. The molecule has 0 rings (SSSR count). The van der Waals surface area contributed by atoms with Crippen molar-refractivity contribution in [2.24, 2.45) is 0 Å². The van der Waals surface area contributed by atoms with Gasteiger partial charge >= 0.3 is 0 Å². The standard InChI is InChI=1S/C55H105NO5/c1-3-5-7-9-11-13-15-17-19-21-23-24-25-26-27-28-29-31-32-34-36-38-40-42-44-46-48-52(58)54(60)51(50-57)56-55(61)53(59)49-47-45-43-41-39-37-35-33-30-22-20-18-16-14-12-10-8-6-4-2/h30,32-34,40,42,51-54,57-60H,3-29,31,35-39,41,43-50H2,1-2H3,(H,56,61)/b33-30-,34-32+,42-40+. The molecule has 0 aliphatic rings. The molecule has 0 spiro atoms. The summed E-state index contributed by atoms with van der Waals surface area (Å²) in [5.41, 5.74) is 0. The van der Waals surface area contributed by atoms with Crippen LogP contribution in [0.3, 0.4) is 0 Å². The van der Waals surface area contributed by atoms with Crippen LogP contribution in [-0.2, 0) is 4.79 Å². The zero-order chi connectivity index (χ0) is 44.5. The molecule has 0 heterocycles. The molecule has 0 aromatic heterocycles. The van der Waals surface area contributed by atoms with Gasteiger partial charge in [-0.3, -0.25) is 4.79 Å². The Morgan fingerprint density at radius 2 is 0.689 bits per heavy atom. The Kier molecular flexibility index (Phi) is 48.3. The molecule has 360 valence electrons. The van der Waals surface area contributed by atoms with E-state index in [1.165, 1.54) is 193 Å². The second-order valence-corrected chi connectivity index (χ2v) is 18.6. The fraction of sp³-hybridized carbons (Fsp3) is 0.873. The van der Waals surface area contributed by atoms with Crippen LogP contribution in [0.1, 0.15) is 277 Å². The van der Waals surface area contributed by atoms with Gasteiger partial charge in [-0.15, -0.1) is 0 Å². The van der Waals surface area contributed by atoms with E-state index in [-0.39, 0.29) is 0 Å². The van der Waals surface area contributed by atoms with E-state index < -0.39 is 36.9 Å². The molecule has 4 unspecified atom stereocenters. The minimum Gasteiger partial charge on any atom is -0.394 e. The van der Waals surface area contributed by atoms with Crippen molar-refractivity contribution in [1.82, 2.24) is 5.32 Å². The first-order valence-electron chi connectivity index (χ1n) is 26.9. The number of aliphatic hydroxyl groups is 4. The van der Waals surface area contributed by atoms with Gasteiger partial charge in [-0.25, -0.2) is 0 Å². The van der Waals surface area contributed by atoms with E-state index in [1.54, 1.807) is 0 Å². The van der Waals surface area contributed by atoms with E-state index in [0.29, 0.717) is 19.3 Å². The summed E-state index contributed by atoms with van der Waals surface area (Å²) in [6.45, 7) is 4.06. The van der Waals surface area contributed by atoms with Crippen LogP contribution in [0.5, 0.6) is 0 Å². The zero-order valence-electron chi connectivity index (χ0n) is 40.7. The van der Waals surface area contributed by atoms with Crippen molar-refractivity contribution in [3.05, 3.63) is 36.5 Å². The molecule has 6 heteroatoms. The molecule has 0 radical (unpaired) electrons. The van der Waals surface area contributed by atoms with Crippen LogP contribution in [0.15, 0.2) is 36.5 Å². The highest BCUT2D eigenvalue weighted by Gasteiger charge is 2.28. The predicted molar refractivity (Wildman–Crippen MR) is 265 cm³/mol. The molecule has 0 fully saturated rings. The number of unbranched alkanes of at least 4 members (excludes halogenated alkanes) is 34. The second kappa shape index (κ2) is 49.5. The first-order chi connectivity index (χ1) is 30.0. The molecule has 4 atom stereocenters. The number of nitrogens with one attached hydrogen (secondary N) is 1. The highest BCUT2D eigenvalue weighted by molar-refractivity contribution is 5.80. The Hall–Kier alpha value is -1.47. The minimum atomic E-state index is -1.29. The van der Waals surface area contributed by atoms with E-state index >= 15 is 0 Å². The van der Waals surface area contributed by atoms with Crippen molar-refractivity contribution in [1.29, 1.82) is 0 Å². The number of hydrogen-bond donors (Lipinski definition) is 5. The third-order valence-corrected chi connectivity index (χ3v) is 12.6. The SMILES string of the molecule is CCCCCCCCCCC/C=C\CCCCCCCCC(O)C(=O)NC(CO)C(O)C(O)CCC/C=C/CC/C=C/CCCCCCCCCCCCCCCCCCC. The fourth-order valence-corrected chi connectivity index (χ4v) is 8.30. The van der Waals surface area contributed by atoms with Crippen LogP contribution in [0.25, 0.3) is 0 Å². The van der Waals surface area contributed by atoms with Gasteiger partial charge in [0, 0.05) is 0 Å². The van der Waals surface area contributed by atoms with Gasteiger partial charge in [-0.1, -0.05) is 237 Å². The van der Waals surface area contributed by atoms with Gasteiger partial charge in [-0.2, -0.15) is 0 Å². The third kappa shape index (κ3) is 43.6. The second-order valence-electron chi connectivity index (χ2n) is 18.6. The monoisotopic (exact) mass is 860 g/mol. The van der Waals surface area contributed by atoms with Crippen molar-refractivity contribution < 1.29 is 25.2 Å². The Balaban J connectivity index is 3.72. The lowest BCUT2D eigenvalue weighted by Gasteiger charge is -2.27. The molecule has 0 aromatic carbocycles. The summed E-state index contributed by atoms with van der Waals surface area (Å²) < 4.78 is 0. The lowest BCUT2D eigenvalue weighted by atomic mass is 10.00. The zero-order valence-corrected chi connectivity index (χ0v) is 40.7. The molecular weight excluding hydrogens is 755 g/mol. The molecule has 0 saturated carbocycles. The third-order valence-electron chi connectivity index (χ3n) is 12.6. The van der Waals surface area contributed by atoms with Gasteiger partial charge in [0.15, 0.2) is 0 Å². The Bertz CT molecular complexity index is 966. The molecule has 6 nitrogen and oxygen atoms in total. The average molecular weight is 860 g/mol. The number of aliphatic hydroxyl groups excluding tert-OH is 4. The number of amides is 1. The van der Waals surface area contributed by atoms with Crippen molar-refractivity contribution >= 4 is 5.91 Å². The van der Waals surface area contributed by atoms with Crippen LogP contribution in [0.2, 0.25) is 0 Å². The van der Waals surface area contributed by atoms with E-state index in [1.807, 2.05) is 0 Å². The molecule has 5 N–H and O–H groups in total. The number of allylic oxidation sites excluding steroid dienone is 6. The maximum Gasteiger partial charge on any atom is 0.249 e. The summed E-state index contributed by atoms with van der Waals surface area (Å²) in [4.78, 5) is 12.6. The first kappa shape index (κ1) is 59.5. The van der Waals surface area contributed by atoms with E-state index in [2.05, 4.69) is 55.6 Å². The summed E-state index contributed by atoms with van der Waals surface area (Å²) >= 11 is 0. The first-order valence-corrected chi connectivity index (χ1v) is 26.9. The molecule has 0 bridgehead atoms. The van der Waals surface area contributed by atoms with Crippen molar-refractivity contribution in [3.63, 3.8) is 0 Å². The number of hydrogen-bond acceptors (Lipinski definition) is 5. The molecular formula is C55H105NO5. The van der Waals surface area contributed by atoms with E-state index in [4.69, 9.17) is 0 Å². The van der Waals surface area contributed by atoms with Gasteiger partial charge in [0.2, 0.25) is 5.91 Å². The Morgan fingerprint density at radius 1 is 0.393 bits per heavy atom. The molecule has 0 saturated heterocycles. The predicted octanol–water partition coefficient (Wildman–Crippen LogP) is 15.2. The molecule has 61 heavy (non-hydrogen) atoms. The van der Waals surface area contributed by atoms with Gasteiger partial charge in [0.25, 0.3) is 0 Å². The average Bonchev–Trinajstić information content (AvgIpc) is 3.26. The topological polar surface area (TPSA) is 110 Å². The van der Waals surface area contributed by atoms with Gasteiger partial charge in [-0.05, 0) is 77.0 Å². The van der Waals surface area contributed by atoms with Gasteiger partial charge < -0.3 is 25.7 Å². The lowest BCUT2D eigenvalue weighted by molar-refractivity contribution is -0.132. The maximum absolute atomic E-state index is 12.6. The minimum absolute atomic E-state index is 0.353. The summed E-state index contributed by atoms with van der Waals surface area (Å²) in [5, 5.41) is 43.9. The maximum atomic E-state index is 12.6. The number of carbonyl (C=O) groups excluding carboxylic acids is 1. The molecule has 0 aliphatic heterocycles. The number of carbonyl (C=O) groups is 1. The van der Waals surface area contributed by atoms with Crippen molar-refractivity contribution in [2.75, 3.05) is 6.61 Å². The Labute approximate surface area is 379 Å². The van der Waals surface area contributed by atoms with Gasteiger partial charge in [0.05, 0.1) is 18.8 Å². The van der Waals surface area contributed by atoms with Crippen LogP contribution < -0.4 is 5.32 Å². The van der Waals surface area contributed by atoms with Crippen LogP contribution >= 0.6 is 0 Å². The molecule has 0 aromatic rings. The highest BCUT2D eigenvalue weighted by Crippen LogP contribution is 2.16. The molecule has 1 amide bonds. The largest absolute Gasteiger partial charge is 0.394 e. The van der Waals surface area contributed by atoms with Crippen LogP contribution in [0, 0.1) is 0 Å². The normalized spacial score (nSPS) is 14.1. The quantitative estimate of drug-likeness (QED) is 0.0309. The fourth-order valence-electron chi connectivity index (χ4n) is 8.30. The lowest BCUT2D eigenvalue weighted by Crippen LogP contribution is -2.53.